The van der Waals surface area contributed by atoms with Gasteiger partial charge in [-0.05, 0) is 13.3 Å². The number of β-lactam (4-membered cyclic amide) rings is 1. The molecule has 3 aliphatic heterocycles. The van der Waals surface area contributed by atoms with Gasteiger partial charge in [0, 0.05) is 37.2 Å². The Morgan fingerprint density at radius 1 is 1.40 bits per heavy atom. The molecule has 2 amide bonds. The summed E-state index contributed by atoms with van der Waals surface area (Å²) in [5.41, 5.74) is 0.0410. The minimum atomic E-state index is -1.12. The third-order valence-electron chi connectivity index (χ3n) is 5.03. The monoisotopic (exact) mass is 369 g/mol. The summed E-state index contributed by atoms with van der Waals surface area (Å²) in [6, 6.07) is -0.527. The number of rotatable bonds is 5. The predicted octanol–water partition coefficient (Wildman–Crippen LogP) is -0.554. The molecule has 0 spiro atoms. The van der Waals surface area contributed by atoms with E-state index >= 15 is 0 Å². The lowest BCUT2D eigenvalue weighted by atomic mass is 9.83. The standard InChI is InChI=1S/C16H23N3O5S/c1-7(20)12-10-5-11(13(16(23)24)19(10)15(12)22)25-8-4-9(17-6-8)14(21)18(2)3/h7-10,12,17,20H,4-6H2,1-3H3,(H,23,24)/t7-,8?,9+,10-,12-/m1/s1. The minimum absolute atomic E-state index is 0.00938. The van der Waals surface area contributed by atoms with Crippen molar-refractivity contribution < 1.29 is 24.6 Å². The van der Waals surface area contributed by atoms with Crippen molar-refractivity contribution in [3.63, 3.8) is 0 Å². The number of likely N-dealkylation sites (N-methyl/N-ethyl adjacent to an activating group) is 1. The van der Waals surface area contributed by atoms with Crippen molar-refractivity contribution in [2.45, 2.75) is 43.2 Å². The van der Waals surface area contributed by atoms with Gasteiger partial charge in [0.2, 0.25) is 11.8 Å². The van der Waals surface area contributed by atoms with Crippen LogP contribution in [0.3, 0.4) is 0 Å². The maximum Gasteiger partial charge on any atom is 0.353 e. The number of aliphatic hydroxyl groups is 1. The average molecular weight is 369 g/mol. The van der Waals surface area contributed by atoms with Gasteiger partial charge >= 0.3 is 5.97 Å². The van der Waals surface area contributed by atoms with Crippen LogP contribution in [0.15, 0.2) is 10.6 Å². The molecule has 3 heterocycles. The molecule has 0 bridgehead atoms. The Labute approximate surface area is 150 Å². The van der Waals surface area contributed by atoms with Crippen LogP contribution in [0, 0.1) is 5.92 Å². The second-order valence-electron chi connectivity index (χ2n) is 6.99. The Kier molecular flexibility index (Phi) is 4.82. The molecule has 3 N–H and O–H groups in total. The maximum atomic E-state index is 12.2. The number of carbonyl (C=O) groups excluding carboxylic acids is 2. The fraction of sp³-hybridized carbons (Fsp3) is 0.688. The normalized spacial score (nSPS) is 32.5. The van der Waals surface area contributed by atoms with E-state index in [1.807, 2.05) is 0 Å². The van der Waals surface area contributed by atoms with Gasteiger partial charge in [-0.15, -0.1) is 11.8 Å². The number of aliphatic hydroxyl groups excluding tert-OH is 1. The van der Waals surface area contributed by atoms with Crippen molar-refractivity contribution in [2.24, 2.45) is 5.92 Å². The van der Waals surface area contributed by atoms with E-state index in [1.165, 1.54) is 16.7 Å². The fourth-order valence-corrected chi connectivity index (χ4v) is 5.27. The number of fused-ring (bicyclic) bond motifs is 1. The van der Waals surface area contributed by atoms with E-state index in [0.29, 0.717) is 24.3 Å². The number of nitrogens with zero attached hydrogens (tertiary/aromatic N) is 2. The highest BCUT2D eigenvalue weighted by molar-refractivity contribution is 8.03. The molecule has 25 heavy (non-hydrogen) atoms. The molecule has 0 aromatic heterocycles. The van der Waals surface area contributed by atoms with E-state index in [1.54, 1.807) is 25.9 Å². The molecule has 0 aromatic carbocycles. The van der Waals surface area contributed by atoms with Crippen molar-refractivity contribution in [2.75, 3.05) is 20.6 Å². The first-order valence-electron chi connectivity index (χ1n) is 8.31. The summed E-state index contributed by atoms with van der Waals surface area (Å²) >= 11 is 1.44. The first kappa shape index (κ1) is 18.2. The molecule has 0 radical (unpaired) electrons. The Balaban J connectivity index is 1.71. The Hall–Kier alpha value is -1.58. The zero-order chi connectivity index (χ0) is 18.5. The average Bonchev–Trinajstić information content (AvgIpc) is 3.09. The quantitative estimate of drug-likeness (QED) is 0.558. The van der Waals surface area contributed by atoms with Crippen molar-refractivity contribution in [1.82, 2.24) is 15.1 Å². The molecule has 3 rings (SSSR count). The predicted molar refractivity (Wildman–Crippen MR) is 91.6 cm³/mol. The van der Waals surface area contributed by atoms with Gasteiger partial charge in [0.1, 0.15) is 5.70 Å². The van der Waals surface area contributed by atoms with Gasteiger partial charge in [-0.25, -0.2) is 4.79 Å². The van der Waals surface area contributed by atoms with Crippen LogP contribution in [0.2, 0.25) is 0 Å². The third kappa shape index (κ3) is 3.04. The van der Waals surface area contributed by atoms with Gasteiger partial charge < -0.3 is 25.3 Å². The van der Waals surface area contributed by atoms with E-state index in [0.717, 1.165) is 0 Å². The number of hydrogen-bond acceptors (Lipinski definition) is 6. The lowest BCUT2D eigenvalue weighted by molar-refractivity contribution is -0.161. The van der Waals surface area contributed by atoms with Crippen LogP contribution in [0.25, 0.3) is 0 Å². The van der Waals surface area contributed by atoms with Gasteiger partial charge in [0.05, 0.1) is 24.1 Å². The number of carbonyl (C=O) groups is 3. The molecule has 5 atom stereocenters. The number of nitrogens with one attached hydrogen (secondary N) is 1. The molecule has 1 unspecified atom stereocenters. The summed E-state index contributed by atoms with van der Waals surface area (Å²) in [5.74, 6) is -1.96. The first-order valence-corrected chi connectivity index (χ1v) is 9.19. The lowest BCUT2D eigenvalue weighted by Crippen LogP contribution is -2.61. The Bertz CT molecular complexity index is 648. The van der Waals surface area contributed by atoms with Crippen LogP contribution in [0.4, 0.5) is 0 Å². The molecule has 8 nitrogen and oxygen atoms in total. The molecular weight excluding hydrogens is 346 g/mol. The molecule has 0 saturated carbocycles. The van der Waals surface area contributed by atoms with Gasteiger partial charge in [0.25, 0.3) is 0 Å². The van der Waals surface area contributed by atoms with Crippen LogP contribution in [0.1, 0.15) is 19.8 Å². The number of carboxylic acid groups (broad SMARTS) is 1. The molecule has 3 aliphatic rings. The van der Waals surface area contributed by atoms with Crippen LogP contribution < -0.4 is 5.32 Å². The summed E-state index contributed by atoms with van der Waals surface area (Å²) in [6.45, 7) is 2.17. The molecular formula is C16H23N3O5S. The van der Waals surface area contributed by atoms with Gasteiger partial charge in [-0.3, -0.25) is 9.59 Å². The highest BCUT2D eigenvalue weighted by atomic mass is 32.2. The third-order valence-corrected chi connectivity index (χ3v) is 6.37. The largest absolute Gasteiger partial charge is 0.477 e. The number of aliphatic carboxylic acids is 1. The van der Waals surface area contributed by atoms with Crippen molar-refractivity contribution in [1.29, 1.82) is 0 Å². The topological polar surface area (TPSA) is 110 Å². The number of carboxylic acids is 1. The van der Waals surface area contributed by atoms with E-state index in [4.69, 9.17) is 0 Å². The summed E-state index contributed by atoms with van der Waals surface area (Å²) in [7, 11) is 3.42. The van der Waals surface area contributed by atoms with Crippen LogP contribution >= 0.6 is 11.8 Å². The molecule has 0 aliphatic carbocycles. The Morgan fingerprint density at radius 2 is 2.08 bits per heavy atom. The van der Waals surface area contributed by atoms with Crippen molar-refractivity contribution >= 4 is 29.5 Å². The zero-order valence-corrected chi connectivity index (χ0v) is 15.2. The van der Waals surface area contributed by atoms with Gasteiger partial charge in [0.15, 0.2) is 0 Å². The Morgan fingerprint density at radius 3 is 2.64 bits per heavy atom. The second kappa shape index (κ2) is 6.62. The summed E-state index contributed by atoms with van der Waals surface area (Å²) in [5, 5.41) is 22.5. The van der Waals surface area contributed by atoms with E-state index in [-0.39, 0.29) is 34.8 Å². The summed E-state index contributed by atoms with van der Waals surface area (Å²) in [6.07, 6.45) is 0.288. The molecule has 138 valence electrons. The number of hydrogen-bond donors (Lipinski definition) is 3. The summed E-state index contributed by atoms with van der Waals surface area (Å²) < 4.78 is 0. The zero-order valence-electron chi connectivity index (χ0n) is 14.4. The fourth-order valence-electron chi connectivity index (χ4n) is 3.83. The van der Waals surface area contributed by atoms with E-state index in [9.17, 15) is 24.6 Å². The smallest absolute Gasteiger partial charge is 0.353 e. The minimum Gasteiger partial charge on any atom is -0.477 e. The van der Waals surface area contributed by atoms with Crippen LogP contribution in [-0.4, -0.2) is 81.9 Å². The maximum absolute atomic E-state index is 12.2. The van der Waals surface area contributed by atoms with Gasteiger partial charge in [-0.2, -0.15) is 0 Å². The first-order chi connectivity index (χ1) is 11.7. The lowest BCUT2D eigenvalue weighted by Gasteiger charge is -2.44. The highest BCUT2D eigenvalue weighted by Gasteiger charge is 2.57. The van der Waals surface area contributed by atoms with E-state index in [2.05, 4.69) is 5.32 Å². The highest BCUT2D eigenvalue weighted by Crippen LogP contribution is 2.48. The molecule has 9 heteroatoms. The van der Waals surface area contributed by atoms with Crippen molar-refractivity contribution in [3.05, 3.63) is 10.6 Å². The molecule has 2 fully saturated rings. The van der Waals surface area contributed by atoms with Crippen LogP contribution in [-0.2, 0) is 14.4 Å². The number of thioether (sulfide) groups is 1. The molecule has 2 saturated heterocycles. The summed E-state index contributed by atoms with van der Waals surface area (Å²) in [4.78, 5) is 39.4. The number of amides is 2. The molecule has 0 aromatic rings. The van der Waals surface area contributed by atoms with E-state index < -0.39 is 18.0 Å². The van der Waals surface area contributed by atoms with Crippen molar-refractivity contribution in [3.8, 4) is 0 Å². The van der Waals surface area contributed by atoms with Crippen LogP contribution in [0.5, 0.6) is 0 Å². The second-order valence-corrected chi connectivity index (χ2v) is 8.39. The SMILES string of the molecule is C[C@@H](O)[C@H]1C(=O)N2C(C(=O)O)=C(SC3CN[C@H](C(=O)N(C)C)C3)C[C@H]12. The van der Waals surface area contributed by atoms with Gasteiger partial charge in [-0.1, -0.05) is 0 Å².